The Balaban J connectivity index is 1.72. The minimum Gasteiger partial charge on any atom is -0.508 e. The summed E-state index contributed by atoms with van der Waals surface area (Å²) < 4.78 is 16.3. The van der Waals surface area contributed by atoms with Gasteiger partial charge in [-0.3, -0.25) is 0 Å². The molecule has 1 saturated heterocycles. The average Bonchev–Trinajstić information content (AvgIpc) is 2.78. The average molecular weight is 432 g/mol. The third-order valence-corrected chi connectivity index (χ3v) is 4.77. The zero-order valence-electron chi connectivity index (χ0n) is 16.4. The van der Waals surface area contributed by atoms with Crippen LogP contribution in [0.15, 0.2) is 54.6 Å². The van der Waals surface area contributed by atoms with Crippen molar-refractivity contribution in [2.45, 2.75) is 37.3 Å². The van der Waals surface area contributed by atoms with Gasteiger partial charge >= 0.3 is 5.97 Å². The lowest BCUT2D eigenvalue weighted by Gasteiger charge is -2.41. The van der Waals surface area contributed by atoms with Gasteiger partial charge in [0.05, 0.1) is 13.2 Å². The normalized spacial score (nSPS) is 26.0. The number of aliphatic hydroxyl groups excluding tert-OH is 4. The van der Waals surface area contributed by atoms with Crippen LogP contribution in [0.1, 0.15) is 11.1 Å². The van der Waals surface area contributed by atoms with Crippen LogP contribution in [0.3, 0.4) is 0 Å². The van der Waals surface area contributed by atoms with E-state index in [0.717, 1.165) is 6.08 Å². The van der Waals surface area contributed by atoms with Crippen molar-refractivity contribution in [2.24, 2.45) is 0 Å². The number of esters is 1. The van der Waals surface area contributed by atoms with Gasteiger partial charge in [0, 0.05) is 11.6 Å². The molecule has 31 heavy (non-hydrogen) atoms. The molecule has 2 aromatic carbocycles. The molecule has 1 aliphatic heterocycles. The predicted octanol–water partition coefficient (Wildman–Crippen LogP) is 0.327. The standard InChI is InChI=1S/C22H24O9/c23-11-14-3-1-2-4-16(14)29-22-20(28)21(19(27)17(12-24)30-22)31-18(26)10-7-13-5-8-15(25)9-6-13/h1-10,17,19-25,27-28H,11-12H2/b10-7+/t17-,19-,20-,21+,22-/m1/s1. The van der Waals surface area contributed by atoms with Crippen LogP contribution < -0.4 is 4.74 Å². The Morgan fingerprint density at radius 1 is 1.03 bits per heavy atom. The van der Waals surface area contributed by atoms with Crippen LogP contribution in [0.4, 0.5) is 0 Å². The number of phenols is 1. The van der Waals surface area contributed by atoms with Crippen LogP contribution in [-0.2, 0) is 20.9 Å². The SMILES string of the molecule is O=C(/C=C/c1ccc(O)cc1)O[C@@H]1[C@@H](O)[C@H](Oc2ccccc2CO)O[C@H](CO)[C@H]1O. The maximum absolute atomic E-state index is 12.2. The molecule has 9 heteroatoms. The van der Waals surface area contributed by atoms with Gasteiger partial charge in [0.25, 0.3) is 0 Å². The molecule has 166 valence electrons. The first kappa shape index (κ1) is 22.7. The Morgan fingerprint density at radius 2 is 1.74 bits per heavy atom. The highest BCUT2D eigenvalue weighted by molar-refractivity contribution is 5.87. The monoisotopic (exact) mass is 432 g/mol. The number of rotatable bonds is 7. The molecule has 1 aliphatic rings. The minimum atomic E-state index is -1.57. The van der Waals surface area contributed by atoms with Crippen molar-refractivity contribution in [1.82, 2.24) is 0 Å². The van der Waals surface area contributed by atoms with Crippen molar-refractivity contribution in [3.05, 3.63) is 65.7 Å². The number of phenolic OH excluding ortho intramolecular Hbond substituents is 1. The summed E-state index contributed by atoms with van der Waals surface area (Å²) in [5.41, 5.74) is 1.06. The van der Waals surface area contributed by atoms with Gasteiger partial charge in [0.2, 0.25) is 6.29 Å². The van der Waals surface area contributed by atoms with E-state index in [1.165, 1.54) is 18.2 Å². The maximum Gasteiger partial charge on any atom is 0.331 e. The summed E-state index contributed by atoms with van der Waals surface area (Å²) in [6.45, 7) is -0.918. The second kappa shape index (κ2) is 10.4. The first-order valence-electron chi connectivity index (χ1n) is 9.58. The molecular formula is C22H24O9. The smallest absolute Gasteiger partial charge is 0.331 e. The maximum atomic E-state index is 12.2. The summed E-state index contributed by atoms with van der Waals surface area (Å²) in [4.78, 5) is 12.2. The number of carbonyl (C=O) groups is 1. The first-order chi connectivity index (χ1) is 14.9. The van der Waals surface area contributed by atoms with Crippen LogP contribution in [0, 0.1) is 0 Å². The van der Waals surface area contributed by atoms with E-state index in [9.17, 15) is 30.3 Å². The van der Waals surface area contributed by atoms with E-state index >= 15 is 0 Å². The van der Waals surface area contributed by atoms with Crippen LogP contribution in [-0.4, -0.2) is 68.8 Å². The molecule has 9 nitrogen and oxygen atoms in total. The van der Waals surface area contributed by atoms with E-state index in [0.29, 0.717) is 11.1 Å². The number of aliphatic hydroxyl groups is 4. The van der Waals surface area contributed by atoms with Crippen molar-refractivity contribution >= 4 is 12.0 Å². The Bertz CT molecular complexity index is 896. The summed E-state index contributed by atoms with van der Waals surface area (Å²) in [5.74, 6) is -0.527. The van der Waals surface area contributed by atoms with Crippen molar-refractivity contribution < 1.29 is 44.5 Å². The second-order valence-corrected chi connectivity index (χ2v) is 6.92. The number of benzene rings is 2. The molecule has 5 N–H and O–H groups in total. The van der Waals surface area contributed by atoms with Crippen LogP contribution >= 0.6 is 0 Å². The lowest BCUT2D eigenvalue weighted by molar-refractivity contribution is -0.280. The van der Waals surface area contributed by atoms with E-state index in [4.69, 9.17) is 14.2 Å². The zero-order valence-corrected chi connectivity index (χ0v) is 16.4. The number of carbonyl (C=O) groups excluding carboxylic acids is 1. The fourth-order valence-electron chi connectivity index (χ4n) is 3.09. The highest BCUT2D eigenvalue weighted by Crippen LogP contribution is 2.28. The Morgan fingerprint density at radius 3 is 2.42 bits per heavy atom. The first-order valence-corrected chi connectivity index (χ1v) is 9.58. The summed E-state index contributed by atoms with van der Waals surface area (Å²) in [6.07, 6.45) is -4.51. The lowest BCUT2D eigenvalue weighted by atomic mass is 9.99. The molecule has 2 aromatic rings. The molecule has 0 radical (unpaired) electrons. The number of ether oxygens (including phenoxy) is 3. The van der Waals surface area contributed by atoms with Gasteiger partial charge in [0.15, 0.2) is 12.2 Å². The second-order valence-electron chi connectivity index (χ2n) is 6.92. The molecule has 0 unspecified atom stereocenters. The summed E-state index contributed by atoms with van der Waals surface area (Å²) in [7, 11) is 0. The largest absolute Gasteiger partial charge is 0.508 e. The van der Waals surface area contributed by atoms with E-state index in [1.54, 1.807) is 36.4 Å². The third kappa shape index (κ3) is 5.60. The van der Waals surface area contributed by atoms with Gasteiger partial charge in [-0.15, -0.1) is 0 Å². The molecule has 0 aromatic heterocycles. The van der Waals surface area contributed by atoms with Gasteiger partial charge in [0.1, 0.15) is 23.7 Å². The summed E-state index contributed by atoms with van der Waals surface area (Å²) in [5, 5.41) is 49.2. The number of para-hydroxylation sites is 1. The Kier molecular flexibility index (Phi) is 7.61. The fraction of sp³-hybridized carbons (Fsp3) is 0.318. The molecular weight excluding hydrogens is 408 g/mol. The molecule has 0 bridgehead atoms. The van der Waals surface area contributed by atoms with Gasteiger partial charge < -0.3 is 39.7 Å². The zero-order chi connectivity index (χ0) is 22.4. The molecule has 0 aliphatic carbocycles. The number of hydrogen-bond donors (Lipinski definition) is 5. The Hall–Kier alpha value is -2.95. The third-order valence-electron chi connectivity index (χ3n) is 4.77. The number of hydrogen-bond acceptors (Lipinski definition) is 9. The van der Waals surface area contributed by atoms with Crippen LogP contribution in [0.2, 0.25) is 0 Å². The van der Waals surface area contributed by atoms with Gasteiger partial charge in [-0.2, -0.15) is 0 Å². The molecule has 5 atom stereocenters. The number of aromatic hydroxyl groups is 1. The Labute approximate surface area is 178 Å². The fourth-order valence-corrected chi connectivity index (χ4v) is 3.09. The highest BCUT2D eigenvalue weighted by atomic mass is 16.7. The molecule has 0 amide bonds. The van der Waals surface area contributed by atoms with Crippen molar-refractivity contribution in [3.63, 3.8) is 0 Å². The molecule has 3 rings (SSSR count). The van der Waals surface area contributed by atoms with E-state index in [-0.39, 0.29) is 18.1 Å². The van der Waals surface area contributed by atoms with Gasteiger partial charge in [-0.1, -0.05) is 30.3 Å². The minimum absolute atomic E-state index is 0.0806. The molecule has 1 fully saturated rings. The van der Waals surface area contributed by atoms with Crippen molar-refractivity contribution in [1.29, 1.82) is 0 Å². The van der Waals surface area contributed by atoms with Gasteiger partial charge in [-0.05, 0) is 29.8 Å². The highest BCUT2D eigenvalue weighted by Gasteiger charge is 2.47. The van der Waals surface area contributed by atoms with Gasteiger partial charge in [-0.25, -0.2) is 4.79 Å². The lowest BCUT2D eigenvalue weighted by Crippen LogP contribution is -2.61. The quantitative estimate of drug-likeness (QED) is 0.308. The van der Waals surface area contributed by atoms with E-state index < -0.39 is 43.3 Å². The van der Waals surface area contributed by atoms with E-state index in [1.807, 2.05) is 0 Å². The molecule has 1 heterocycles. The molecule has 0 spiro atoms. The predicted molar refractivity (Wildman–Crippen MR) is 108 cm³/mol. The topological polar surface area (TPSA) is 146 Å². The van der Waals surface area contributed by atoms with Crippen molar-refractivity contribution in [2.75, 3.05) is 6.61 Å². The van der Waals surface area contributed by atoms with Crippen molar-refractivity contribution in [3.8, 4) is 11.5 Å². The van der Waals surface area contributed by atoms with Crippen LogP contribution in [0.25, 0.3) is 6.08 Å². The van der Waals surface area contributed by atoms with Crippen LogP contribution in [0.5, 0.6) is 11.5 Å². The summed E-state index contributed by atoms with van der Waals surface area (Å²) in [6, 6.07) is 12.6. The van der Waals surface area contributed by atoms with E-state index in [2.05, 4.69) is 0 Å². The summed E-state index contributed by atoms with van der Waals surface area (Å²) >= 11 is 0. The molecule has 0 saturated carbocycles.